The number of hydrogen-bond donors (Lipinski definition) is 1. The largest absolute Gasteiger partial charge is 0.357 e. The van der Waals surface area contributed by atoms with Crippen LogP contribution in [0.1, 0.15) is 29.5 Å². The van der Waals surface area contributed by atoms with Crippen LogP contribution >= 0.6 is 11.6 Å². The van der Waals surface area contributed by atoms with Crippen LogP contribution in [0.25, 0.3) is 6.08 Å². The molecule has 0 radical (unpaired) electrons. The Bertz CT molecular complexity index is 782. The van der Waals surface area contributed by atoms with Crippen LogP contribution in [-0.4, -0.2) is 24.0 Å². The Labute approximate surface area is 153 Å². The molecule has 1 aliphatic rings. The third kappa shape index (κ3) is 4.83. The minimum absolute atomic E-state index is 0.128. The molecule has 0 bridgehead atoms. The second-order valence-corrected chi connectivity index (χ2v) is 6.68. The van der Waals surface area contributed by atoms with Gasteiger partial charge in [-0.15, -0.1) is 0 Å². The second-order valence-electron chi connectivity index (χ2n) is 6.28. The molecule has 0 atom stereocenters. The summed E-state index contributed by atoms with van der Waals surface area (Å²) in [5.41, 5.74) is 2.98. The van der Waals surface area contributed by atoms with E-state index in [0.29, 0.717) is 11.6 Å². The van der Waals surface area contributed by atoms with Crippen molar-refractivity contribution in [2.45, 2.75) is 26.3 Å². The fourth-order valence-electron chi connectivity index (χ4n) is 2.82. The summed E-state index contributed by atoms with van der Waals surface area (Å²) in [5, 5.41) is 3.61. The standard InChI is InChI=1S/C20H22ClN3O/c1-15-4-5-16(12-18(15)21)6-7-20(25)23-14-17-8-9-22-19(13-17)24-10-2-3-11-24/h4-9,12-13H,2-3,10-11,14H2,1H3,(H,23,25)/b7-6+. The molecule has 130 valence electrons. The molecular weight excluding hydrogens is 334 g/mol. The average Bonchev–Trinajstić information content (AvgIpc) is 3.16. The third-order valence-electron chi connectivity index (χ3n) is 4.33. The first-order chi connectivity index (χ1) is 12.1. The highest BCUT2D eigenvalue weighted by atomic mass is 35.5. The molecular formula is C20H22ClN3O. The van der Waals surface area contributed by atoms with E-state index >= 15 is 0 Å². The predicted molar refractivity (Wildman–Crippen MR) is 103 cm³/mol. The van der Waals surface area contributed by atoms with E-state index in [1.54, 1.807) is 12.3 Å². The van der Waals surface area contributed by atoms with Crippen molar-refractivity contribution in [1.82, 2.24) is 10.3 Å². The van der Waals surface area contributed by atoms with Crippen LogP contribution in [-0.2, 0) is 11.3 Å². The van der Waals surface area contributed by atoms with Crippen LogP contribution < -0.4 is 10.2 Å². The molecule has 1 N–H and O–H groups in total. The number of anilines is 1. The first kappa shape index (κ1) is 17.5. The van der Waals surface area contributed by atoms with Crippen LogP contribution in [0, 0.1) is 6.92 Å². The molecule has 1 aromatic heterocycles. The Hall–Kier alpha value is -2.33. The molecule has 1 fully saturated rings. The molecule has 2 aromatic rings. The summed E-state index contributed by atoms with van der Waals surface area (Å²) in [5.74, 6) is 0.866. The van der Waals surface area contributed by atoms with E-state index in [-0.39, 0.29) is 5.91 Å². The predicted octanol–water partition coefficient (Wildman–Crippen LogP) is 3.97. The number of rotatable bonds is 5. The SMILES string of the molecule is Cc1ccc(/C=C/C(=O)NCc2ccnc(N3CCCC3)c2)cc1Cl. The fraction of sp³-hybridized carbons (Fsp3) is 0.300. The maximum absolute atomic E-state index is 12.0. The van der Waals surface area contributed by atoms with E-state index < -0.39 is 0 Å². The fourth-order valence-corrected chi connectivity index (χ4v) is 3.01. The van der Waals surface area contributed by atoms with Gasteiger partial charge in [0.05, 0.1) is 0 Å². The Morgan fingerprint density at radius 1 is 1.28 bits per heavy atom. The summed E-state index contributed by atoms with van der Waals surface area (Å²) in [6.07, 6.45) is 7.54. The lowest BCUT2D eigenvalue weighted by molar-refractivity contribution is -0.116. The van der Waals surface area contributed by atoms with Crippen LogP contribution in [0.4, 0.5) is 5.82 Å². The van der Waals surface area contributed by atoms with E-state index in [1.807, 2.05) is 31.2 Å². The number of aryl methyl sites for hydroxylation is 1. The number of carbonyl (C=O) groups is 1. The summed E-state index contributed by atoms with van der Waals surface area (Å²) in [4.78, 5) is 18.7. The smallest absolute Gasteiger partial charge is 0.244 e. The molecule has 1 aliphatic heterocycles. The number of amides is 1. The molecule has 0 spiro atoms. The van der Waals surface area contributed by atoms with Gasteiger partial charge in [-0.05, 0) is 60.7 Å². The molecule has 1 amide bonds. The molecule has 1 saturated heterocycles. The number of nitrogens with one attached hydrogen (secondary N) is 1. The summed E-state index contributed by atoms with van der Waals surface area (Å²) < 4.78 is 0. The van der Waals surface area contributed by atoms with Gasteiger partial charge >= 0.3 is 0 Å². The normalized spacial score (nSPS) is 14.2. The molecule has 2 heterocycles. The van der Waals surface area contributed by atoms with E-state index in [2.05, 4.69) is 21.3 Å². The van der Waals surface area contributed by atoms with Gasteiger partial charge in [-0.1, -0.05) is 23.7 Å². The van der Waals surface area contributed by atoms with Gasteiger partial charge in [0.2, 0.25) is 5.91 Å². The monoisotopic (exact) mass is 355 g/mol. The number of pyridine rings is 1. The van der Waals surface area contributed by atoms with Crippen molar-refractivity contribution in [3.63, 3.8) is 0 Å². The van der Waals surface area contributed by atoms with Gasteiger partial charge in [0.1, 0.15) is 5.82 Å². The van der Waals surface area contributed by atoms with Gasteiger partial charge in [-0.25, -0.2) is 4.98 Å². The third-order valence-corrected chi connectivity index (χ3v) is 4.74. The molecule has 4 nitrogen and oxygen atoms in total. The van der Waals surface area contributed by atoms with Gasteiger partial charge in [0.15, 0.2) is 0 Å². The van der Waals surface area contributed by atoms with Crippen molar-refractivity contribution in [1.29, 1.82) is 0 Å². The minimum atomic E-state index is -0.128. The van der Waals surface area contributed by atoms with Crippen molar-refractivity contribution in [2.24, 2.45) is 0 Å². The quantitative estimate of drug-likeness (QED) is 0.825. The molecule has 0 saturated carbocycles. The van der Waals surface area contributed by atoms with Crippen LogP contribution in [0.3, 0.4) is 0 Å². The molecule has 25 heavy (non-hydrogen) atoms. The lowest BCUT2D eigenvalue weighted by Gasteiger charge is -2.16. The van der Waals surface area contributed by atoms with Gasteiger partial charge in [-0.3, -0.25) is 4.79 Å². The summed E-state index contributed by atoms with van der Waals surface area (Å²) >= 11 is 6.09. The van der Waals surface area contributed by atoms with Crippen molar-refractivity contribution in [3.8, 4) is 0 Å². The molecule has 0 unspecified atom stereocenters. The molecule has 5 heteroatoms. The van der Waals surface area contributed by atoms with E-state index in [1.165, 1.54) is 18.9 Å². The van der Waals surface area contributed by atoms with Crippen LogP contribution in [0.2, 0.25) is 5.02 Å². The Morgan fingerprint density at radius 3 is 2.84 bits per heavy atom. The van der Waals surface area contributed by atoms with Gasteiger partial charge in [0, 0.05) is 36.9 Å². The summed E-state index contributed by atoms with van der Waals surface area (Å²) in [6.45, 7) is 4.56. The maximum Gasteiger partial charge on any atom is 0.244 e. The number of aromatic nitrogens is 1. The summed E-state index contributed by atoms with van der Waals surface area (Å²) in [7, 11) is 0. The Balaban J connectivity index is 1.55. The van der Waals surface area contributed by atoms with Crippen LogP contribution in [0.15, 0.2) is 42.6 Å². The van der Waals surface area contributed by atoms with E-state index in [0.717, 1.165) is 35.6 Å². The highest BCUT2D eigenvalue weighted by Crippen LogP contribution is 2.19. The zero-order valence-electron chi connectivity index (χ0n) is 14.3. The van der Waals surface area contributed by atoms with Crippen molar-refractivity contribution < 1.29 is 4.79 Å². The number of nitrogens with zero attached hydrogens (tertiary/aromatic N) is 2. The first-order valence-corrected chi connectivity index (χ1v) is 8.91. The number of benzene rings is 1. The number of halogens is 1. The highest BCUT2D eigenvalue weighted by molar-refractivity contribution is 6.31. The van der Waals surface area contributed by atoms with Gasteiger partial charge in [-0.2, -0.15) is 0 Å². The lowest BCUT2D eigenvalue weighted by Crippen LogP contribution is -2.22. The average molecular weight is 356 g/mol. The zero-order chi connectivity index (χ0) is 17.6. The van der Waals surface area contributed by atoms with Crippen molar-refractivity contribution >= 4 is 29.4 Å². The first-order valence-electron chi connectivity index (χ1n) is 8.54. The summed E-state index contributed by atoms with van der Waals surface area (Å²) in [6, 6.07) is 9.72. The molecule has 0 aliphatic carbocycles. The van der Waals surface area contributed by atoms with Gasteiger partial charge in [0.25, 0.3) is 0 Å². The highest BCUT2D eigenvalue weighted by Gasteiger charge is 2.13. The zero-order valence-corrected chi connectivity index (χ0v) is 15.1. The lowest BCUT2D eigenvalue weighted by atomic mass is 10.1. The molecule has 3 rings (SSSR count). The number of carbonyl (C=O) groups excluding carboxylic acids is 1. The van der Waals surface area contributed by atoms with Crippen molar-refractivity contribution in [3.05, 3.63) is 64.3 Å². The minimum Gasteiger partial charge on any atom is -0.357 e. The van der Waals surface area contributed by atoms with E-state index in [4.69, 9.17) is 11.6 Å². The number of hydrogen-bond acceptors (Lipinski definition) is 3. The Kier molecular flexibility index (Phi) is 5.71. The molecule has 1 aromatic carbocycles. The maximum atomic E-state index is 12.0. The topological polar surface area (TPSA) is 45.2 Å². The Morgan fingerprint density at radius 2 is 2.08 bits per heavy atom. The van der Waals surface area contributed by atoms with E-state index in [9.17, 15) is 4.79 Å². The van der Waals surface area contributed by atoms with Gasteiger partial charge < -0.3 is 10.2 Å². The second kappa shape index (κ2) is 8.17. The van der Waals surface area contributed by atoms with Crippen molar-refractivity contribution in [2.75, 3.05) is 18.0 Å². The van der Waals surface area contributed by atoms with Crippen LogP contribution in [0.5, 0.6) is 0 Å².